The number of carbonyl (C=O) groups is 1. The summed E-state index contributed by atoms with van der Waals surface area (Å²) in [5.41, 5.74) is 0.680. The van der Waals surface area contributed by atoms with Gasteiger partial charge in [0.2, 0.25) is 5.43 Å². The standard InChI is InChI=1S/C17H16N4O3/c22-16-12-5-4-11(9-14(12)21-10-13(16)17(23)24)18-7-8-20-15-3-1-2-6-19-15/h1-6,9-10,18H,7-8H2,(H,19,20)(H,21,22)(H,23,24). The number of pyridine rings is 2. The van der Waals surface area contributed by atoms with Crippen LogP contribution in [0.1, 0.15) is 10.4 Å². The molecule has 3 rings (SSSR count). The molecule has 0 radical (unpaired) electrons. The van der Waals surface area contributed by atoms with Crippen molar-refractivity contribution in [2.24, 2.45) is 0 Å². The molecule has 24 heavy (non-hydrogen) atoms. The molecule has 1 aromatic carbocycles. The van der Waals surface area contributed by atoms with Gasteiger partial charge < -0.3 is 20.7 Å². The molecule has 122 valence electrons. The topological polar surface area (TPSA) is 107 Å². The average Bonchev–Trinajstić information content (AvgIpc) is 2.59. The van der Waals surface area contributed by atoms with Gasteiger partial charge in [-0.3, -0.25) is 4.79 Å². The zero-order valence-corrected chi connectivity index (χ0v) is 12.7. The normalized spacial score (nSPS) is 10.5. The number of nitrogens with one attached hydrogen (secondary N) is 3. The second kappa shape index (κ2) is 6.82. The monoisotopic (exact) mass is 324 g/mol. The van der Waals surface area contributed by atoms with Crippen LogP contribution in [0.5, 0.6) is 0 Å². The van der Waals surface area contributed by atoms with E-state index in [1.165, 1.54) is 6.20 Å². The lowest BCUT2D eigenvalue weighted by molar-refractivity contribution is 0.0695. The molecular weight excluding hydrogens is 308 g/mol. The molecule has 3 aromatic rings. The minimum Gasteiger partial charge on any atom is -0.477 e. The molecule has 0 unspecified atom stereocenters. The van der Waals surface area contributed by atoms with Crippen LogP contribution in [0.3, 0.4) is 0 Å². The van der Waals surface area contributed by atoms with Gasteiger partial charge in [-0.2, -0.15) is 0 Å². The number of aromatic nitrogens is 2. The van der Waals surface area contributed by atoms with Gasteiger partial charge in [-0.05, 0) is 30.3 Å². The third-order valence-electron chi connectivity index (χ3n) is 3.54. The molecule has 2 heterocycles. The van der Waals surface area contributed by atoms with Crippen LogP contribution in [0, 0.1) is 0 Å². The molecule has 0 bridgehead atoms. The lowest BCUT2D eigenvalue weighted by Gasteiger charge is -2.09. The number of carboxylic acid groups (broad SMARTS) is 1. The van der Waals surface area contributed by atoms with Crippen LogP contribution >= 0.6 is 0 Å². The minimum absolute atomic E-state index is 0.261. The molecule has 0 amide bonds. The Labute approximate surface area is 137 Å². The van der Waals surface area contributed by atoms with E-state index in [1.807, 2.05) is 18.2 Å². The van der Waals surface area contributed by atoms with Crippen molar-refractivity contribution in [3.63, 3.8) is 0 Å². The van der Waals surface area contributed by atoms with Crippen LogP contribution in [0.25, 0.3) is 10.9 Å². The van der Waals surface area contributed by atoms with Crippen molar-refractivity contribution in [3.8, 4) is 0 Å². The first-order chi connectivity index (χ1) is 11.6. The van der Waals surface area contributed by atoms with Crippen molar-refractivity contribution in [3.05, 3.63) is 64.6 Å². The molecule has 0 atom stereocenters. The Morgan fingerprint density at radius 1 is 1.17 bits per heavy atom. The molecule has 2 aromatic heterocycles. The molecule has 7 heteroatoms. The Morgan fingerprint density at radius 2 is 2.00 bits per heavy atom. The Hall–Kier alpha value is -3.35. The van der Waals surface area contributed by atoms with Gasteiger partial charge in [0.05, 0.1) is 5.52 Å². The fourth-order valence-electron chi connectivity index (χ4n) is 2.36. The molecule has 0 fully saturated rings. The van der Waals surface area contributed by atoms with Gasteiger partial charge in [-0.25, -0.2) is 9.78 Å². The second-order valence-corrected chi connectivity index (χ2v) is 5.17. The zero-order valence-electron chi connectivity index (χ0n) is 12.7. The number of anilines is 2. The highest BCUT2D eigenvalue weighted by Gasteiger charge is 2.11. The Morgan fingerprint density at radius 3 is 2.75 bits per heavy atom. The van der Waals surface area contributed by atoms with Crippen molar-refractivity contribution >= 4 is 28.4 Å². The predicted molar refractivity (Wildman–Crippen MR) is 92.7 cm³/mol. The summed E-state index contributed by atoms with van der Waals surface area (Å²) in [6.07, 6.45) is 2.94. The summed E-state index contributed by atoms with van der Waals surface area (Å²) in [4.78, 5) is 30.1. The second-order valence-electron chi connectivity index (χ2n) is 5.17. The number of nitrogens with zero attached hydrogens (tertiary/aromatic N) is 1. The van der Waals surface area contributed by atoms with E-state index in [2.05, 4.69) is 20.6 Å². The zero-order chi connectivity index (χ0) is 16.9. The van der Waals surface area contributed by atoms with Crippen LogP contribution in [0.4, 0.5) is 11.5 Å². The number of hydrogen-bond donors (Lipinski definition) is 4. The first-order valence-electron chi connectivity index (χ1n) is 7.42. The Bertz CT molecular complexity index is 922. The van der Waals surface area contributed by atoms with Gasteiger partial charge in [0.15, 0.2) is 0 Å². The van der Waals surface area contributed by atoms with Gasteiger partial charge in [0.1, 0.15) is 11.4 Å². The first-order valence-corrected chi connectivity index (χ1v) is 7.42. The molecule has 0 aliphatic heterocycles. The maximum absolute atomic E-state index is 12.1. The van der Waals surface area contributed by atoms with Gasteiger partial charge in [0, 0.05) is 36.6 Å². The summed E-state index contributed by atoms with van der Waals surface area (Å²) in [6, 6.07) is 10.8. The predicted octanol–water partition coefficient (Wildman–Crippen LogP) is 2.15. The first kappa shape index (κ1) is 15.5. The van der Waals surface area contributed by atoms with Crippen LogP contribution in [0.15, 0.2) is 53.6 Å². The van der Waals surface area contributed by atoms with E-state index >= 15 is 0 Å². The third kappa shape index (κ3) is 3.35. The summed E-state index contributed by atoms with van der Waals surface area (Å²) in [5, 5.41) is 15.7. The van der Waals surface area contributed by atoms with E-state index in [0.717, 1.165) is 11.5 Å². The molecule has 0 aliphatic carbocycles. The quantitative estimate of drug-likeness (QED) is 0.518. The van der Waals surface area contributed by atoms with E-state index in [0.29, 0.717) is 24.0 Å². The highest BCUT2D eigenvalue weighted by molar-refractivity contribution is 5.92. The van der Waals surface area contributed by atoms with Gasteiger partial charge in [0.25, 0.3) is 0 Å². The molecule has 0 aliphatic rings. The molecule has 7 nitrogen and oxygen atoms in total. The molecule has 0 spiro atoms. The fraction of sp³-hybridized carbons (Fsp3) is 0.118. The van der Waals surface area contributed by atoms with Crippen LogP contribution < -0.4 is 16.1 Å². The molecule has 0 saturated carbocycles. The Kier molecular flexibility index (Phi) is 4.42. The van der Waals surface area contributed by atoms with Gasteiger partial charge in [-0.1, -0.05) is 6.07 Å². The summed E-state index contributed by atoms with van der Waals surface area (Å²) in [5.74, 6) is -0.427. The van der Waals surface area contributed by atoms with Crippen LogP contribution in [0.2, 0.25) is 0 Å². The van der Waals surface area contributed by atoms with Crippen molar-refractivity contribution in [2.45, 2.75) is 0 Å². The maximum Gasteiger partial charge on any atom is 0.341 e. The van der Waals surface area contributed by atoms with E-state index in [4.69, 9.17) is 5.11 Å². The van der Waals surface area contributed by atoms with E-state index in [9.17, 15) is 9.59 Å². The Balaban J connectivity index is 1.67. The maximum atomic E-state index is 12.1. The summed E-state index contributed by atoms with van der Waals surface area (Å²) in [6.45, 7) is 1.35. The van der Waals surface area contributed by atoms with Gasteiger partial charge >= 0.3 is 5.97 Å². The number of rotatable bonds is 6. The molecular formula is C17H16N4O3. The van der Waals surface area contributed by atoms with Crippen LogP contribution in [-0.2, 0) is 0 Å². The number of aromatic carboxylic acids is 1. The number of carboxylic acids is 1. The largest absolute Gasteiger partial charge is 0.477 e. The third-order valence-corrected chi connectivity index (χ3v) is 3.54. The van der Waals surface area contributed by atoms with Crippen molar-refractivity contribution < 1.29 is 9.90 Å². The van der Waals surface area contributed by atoms with Crippen molar-refractivity contribution in [1.82, 2.24) is 9.97 Å². The molecule has 4 N–H and O–H groups in total. The number of H-pyrrole nitrogens is 1. The number of hydrogen-bond acceptors (Lipinski definition) is 5. The van der Waals surface area contributed by atoms with E-state index in [1.54, 1.807) is 24.4 Å². The van der Waals surface area contributed by atoms with Gasteiger partial charge in [-0.15, -0.1) is 0 Å². The lowest BCUT2D eigenvalue weighted by Crippen LogP contribution is -2.16. The highest BCUT2D eigenvalue weighted by atomic mass is 16.4. The van der Waals surface area contributed by atoms with Crippen molar-refractivity contribution in [2.75, 3.05) is 23.7 Å². The average molecular weight is 324 g/mol. The lowest BCUT2D eigenvalue weighted by atomic mass is 10.1. The highest BCUT2D eigenvalue weighted by Crippen LogP contribution is 2.15. The number of aromatic amines is 1. The smallest absolute Gasteiger partial charge is 0.341 e. The van der Waals surface area contributed by atoms with E-state index < -0.39 is 11.4 Å². The number of benzene rings is 1. The SMILES string of the molecule is O=C(O)c1c[nH]c2cc(NCCNc3ccccn3)ccc2c1=O. The van der Waals surface area contributed by atoms with Crippen molar-refractivity contribution in [1.29, 1.82) is 0 Å². The van der Waals surface area contributed by atoms with E-state index in [-0.39, 0.29) is 5.56 Å². The summed E-state index contributed by atoms with van der Waals surface area (Å²) >= 11 is 0. The summed E-state index contributed by atoms with van der Waals surface area (Å²) < 4.78 is 0. The van der Waals surface area contributed by atoms with Crippen LogP contribution in [-0.4, -0.2) is 34.1 Å². The fourth-order valence-corrected chi connectivity index (χ4v) is 2.36. The summed E-state index contributed by atoms with van der Waals surface area (Å²) in [7, 11) is 0. The molecule has 0 saturated heterocycles. The minimum atomic E-state index is -1.24. The number of fused-ring (bicyclic) bond motifs is 1.